The Kier molecular flexibility index (Phi) is 8.53. The number of benzene rings is 2. The topological polar surface area (TPSA) is 56.3 Å². The van der Waals surface area contributed by atoms with Crippen molar-refractivity contribution in [1.82, 2.24) is 4.98 Å². The molecule has 0 unspecified atom stereocenters. The second-order valence-electron chi connectivity index (χ2n) is 7.95. The minimum atomic E-state index is -0.502. The Balaban J connectivity index is 1.60. The second-order valence-corrected chi connectivity index (χ2v) is 7.95. The van der Waals surface area contributed by atoms with Crippen LogP contribution in [0.3, 0.4) is 0 Å². The Labute approximate surface area is 184 Å². The van der Waals surface area contributed by atoms with Crippen molar-refractivity contribution in [3.8, 4) is 0 Å². The van der Waals surface area contributed by atoms with Gasteiger partial charge in [-0.25, -0.2) is 0 Å². The predicted molar refractivity (Wildman–Crippen MR) is 121 cm³/mol. The highest BCUT2D eigenvalue weighted by atomic mass is 16.5. The van der Waals surface area contributed by atoms with Gasteiger partial charge in [-0.05, 0) is 48.1 Å². The Hall–Kier alpha value is -3.27. The van der Waals surface area contributed by atoms with E-state index in [-0.39, 0.29) is 30.7 Å². The Morgan fingerprint density at radius 1 is 0.839 bits per heavy atom. The molecule has 3 aromatic rings. The third kappa shape index (κ3) is 7.49. The summed E-state index contributed by atoms with van der Waals surface area (Å²) in [5, 5.41) is 0. The van der Waals surface area contributed by atoms with Gasteiger partial charge < -0.3 is 4.74 Å². The Morgan fingerprint density at radius 2 is 1.45 bits per heavy atom. The molecule has 0 saturated heterocycles. The molecule has 1 heterocycles. The quantitative estimate of drug-likeness (QED) is 0.403. The maximum atomic E-state index is 12.9. The highest BCUT2D eigenvalue weighted by molar-refractivity contribution is 5.86. The molecule has 0 saturated carbocycles. The molecule has 0 amide bonds. The van der Waals surface area contributed by atoms with Crippen molar-refractivity contribution in [2.75, 3.05) is 0 Å². The molecule has 4 nitrogen and oxygen atoms in total. The number of aryl methyl sites for hydroxylation is 1. The number of hydrogen-bond acceptors (Lipinski definition) is 4. The smallest absolute Gasteiger partial charge is 0.310 e. The lowest BCUT2D eigenvalue weighted by Gasteiger charge is -2.18. The van der Waals surface area contributed by atoms with Crippen LogP contribution in [0, 0.1) is 11.8 Å². The van der Waals surface area contributed by atoms with Crippen molar-refractivity contribution in [3.05, 3.63) is 102 Å². The number of carbonyl (C=O) groups is 2. The number of ether oxygens (including phenoxy) is 1. The maximum absolute atomic E-state index is 12.9. The first-order valence-corrected chi connectivity index (χ1v) is 10.8. The number of carbonyl (C=O) groups excluding carboxylic acids is 2. The zero-order chi connectivity index (χ0) is 21.9. The van der Waals surface area contributed by atoms with Gasteiger partial charge >= 0.3 is 5.97 Å². The summed E-state index contributed by atoms with van der Waals surface area (Å²) in [6.07, 6.45) is 5.67. The monoisotopic (exact) mass is 415 g/mol. The summed E-state index contributed by atoms with van der Waals surface area (Å²) >= 11 is 0. The molecule has 160 valence electrons. The van der Waals surface area contributed by atoms with Crippen molar-refractivity contribution >= 4 is 11.8 Å². The molecular weight excluding hydrogens is 386 g/mol. The van der Waals surface area contributed by atoms with Crippen LogP contribution in [0.15, 0.2) is 85.2 Å². The number of pyridine rings is 1. The van der Waals surface area contributed by atoms with Crippen LogP contribution in [-0.2, 0) is 33.8 Å². The molecule has 0 aliphatic carbocycles. The fourth-order valence-corrected chi connectivity index (χ4v) is 3.52. The zero-order valence-electron chi connectivity index (χ0n) is 17.9. The number of ketones is 1. The minimum Gasteiger partial charge on any atom is -0.461 e. The van der Waals surface area contributed by atoms with Gasteiger partial charge in [-0.15, -0.1) is 0 Å². The molecule has 0 bridgehead atoms. The molecule has 0 radical (unpaired) electrons. The molecule has 2 atom stereocenters. The van der Waals surface area contributed by atoms with Crippen molar-refractivity contribution in [3.63, 3.8) is 0 Å². The van der Waals surface area contributed by atoms with E-state index in [0.29, 0.717) is 6.42 Å². The summed E-state index contributed by atoms with van der Waals surface area (Å²) in [5.74, 6) is -0.837. The highest BCUT2D eigenvalue weighted by Crippen LogP contribution is 2.20. The van der Waals surface area contributed by atoms with Crippen LogP contribution in [0.2, 0.25) is 0 Å². The van der Waals surface area contributed by atoms with E-state index in [1.165, 1.54) is 5.56 Å². The average Bonchev–Trinajstić information content (AvgIpc) is 2.82. The van der Waals surface area contributed by atoms with Gasteiger partial charge in [0.25, 0.3) is 0 Å². The third-order valence-corrected chi connectivity index (χ3v) is 5.49. The van der Waals surface area contributed by atoms with Crippen LogP contribution < -0.4 is 0 Å². The van der Waals surface area contributed by atoms with Crippen molar-refractivity contribution < 1.29 is 14.3 Å². The van der Waals surface area contributed by atoms with Crippen molar-refractivity contribution in [2.24, 2.45) is 11.8 Å². The van der Waals surface area contributed by atoms with Crippen LogP contribution in [0.5, 0.6) is 0 Å². The van der Waals surface area contributed by atoms with Gasteiger partial charge in [0.1, 0.15) is 12.4 Å². The number of aromatic nitrogens is 1. The van der Waals surface area contributed by atoms with Gasteiger partial charge in [0.2, 0.25) is 0 Å². The van der Waals surface area contributed by atoms with Gasteiger partial charge in [0, 0.05) is 24.7 Å². The van der Waals surface area contributed by atoms with Gasteiger partial charge in [-0.2, -0.15) is 0 Å². The number of Topliss-reactive ketones (excluding diaryl/α,β-unsaturated/α-hetero) is 1. The summed E-state index contributed by atoms with van der Waals surface area (Å²) in [6.45, 7) is 2.16. The fourth-order valence-electron chi connectivity index (χ4n) is 3.52. The standard InChI is InChI=1S/C27H29NO3/c1-21(12-13-22-8-4-2-5-9-22)26(29)19-25(18-23-14-16-28-17-15-23)27(30)31-20-24-10-6-3-7-11-24/h2-11,14-17,21,25H,12-13,18-20H2,1H3/t21-,25+/m0/s1. The molecular formula is C27H29NO3. The molecule has 4 heteroatoms. The van der Waals surface area contributed by atoms with Gasteiger partial charge in [-0.1, -0.05) is 67.6 Å². The summed E-state index contributed by atoms with van der Waals surface area (Å²) in [6, 6.07) is 23.5. The molecule has 31 heavy (non-hydrogen) atoms. The average molecular weight is 416 g/mol. The summed E-state index contributed by atoms with van der Waals surface area (Å²) in [5.41, 5.74) is 3.13. The molecule has 0 aliphatic heterocycles. The van der Waals surface area contributed by atoms with Crippen LogP contribution in [0.1, 0.15) is 36.5 Å². The lowest BCUT2D eigenvalue weighted by Crippen LogP contribution is -2.25. The third-order valence-electron chi connectivity index (χ3n) is 5.49. The summed E-state index contributed by atoms with van der Waals surface area (Å²) in [7, 11) is 0. The summed E-state index contributed by atoms with van der Waals surface area (Å²) < 4.78 is 5.57. The molecule has 1 aromatic heterocycles. The van der Waals surface area contributed by atoms with Gasteiger partial charge in [0.05, 0.1) is 5.92 Å². The Morgan fingerprint density at radius 3 is 2.10 bits per heavy atom. The molecule has 0 N–H and O–H groups in total. The lowest BCUT2D eigenvalue weighted by atomic mass is 9.88. The number of nitrogens with zero attached hydrogens (tertiary/aromatic N) is 1. The molecule has 0 fully saturated rings. The fraction of sp³-hybridized carbons (Fsp3) is 0.296. The number of hydrogen-bond donors (Lipinski definition) is 0. The first-order valence-electron chi connectivity index (χ1n) is 10.8. The maximum Gasteiger partial charge on any atom is 0.310 e. The van der Waals surface area contributed by atoms with Gasteiger partial charge in [0.15, 0.2) is 0 Å². The largest absolute Gasteiger partial charge is 0.461 e. The van der Waals surface area contributed by atoms with Crippen LogP contribution >= 0.6 is 0 Å². The first kappa shape index (κ1) is 22.4. The molecule has 0 spiro atoms. The number of rotatable bonds is 11. The van der Waals surface area contributed by atoms with Crippen molar-refractivity contribution in [1.29, 1.82) is 0 Å². The van der Waals surface area contributed by atoms with Crippen LogP contribution in [0.25, 0.3) is 0 Å². The number of esters is 1. The summed E-state index contributed by atoms with van der Waals surface area (Å²) in [4.78, 5) is 29.8. The molecule has 2 aromatic carbocycles. The first-order chi connectivity index (χ1) is 15.1. The second kappa shape index (κ2) is 11.8. The van der Waals surface area contributed by atoms with E-state index in [4.69, 9.17) is 4.74 Å². The minimum absolute atomic E-state index is 0.103. The van der Waals surface area contributed by atoms with E-state index in [2.05, 4.69) is 17.1 Å². The predicted octanol–water partition coefficient (Wildman–Crippen LogP) is 5.21. The highest BCUT2D eigenvalue weighted by Gasteiger charge is 2.26. The molecule has 0 aliphatic rings. The lowest BCUT2D eigenvalue weighted by molar-refractivity contribution is -0.151. The van der Waals surface area contributed by atoms with Crippen LogP contribution in [0.4, 0.5) is 0 Å². The van der Waals surface area contributed by atoms with E-state index in [9.17, 15) is 9.59 Å². The van der Waals surface area contributed by atoms with Gasteiger partial charge in [-0.3, -0.25) is 14.6 Å². The zero-order valence-corrected chi connectivity index (χ0v) is 17.9. The van der Waals surface area contributed by atoms with E-state index in [1.807, 2.05) is 67.6 Å². The van der Waals surface area contributed by atoms with Crippen LogP contribution in [-0.4, -0.2) is 16.7 Å². The Bertz CT molecular complexity index is 942. The van der Waals surface area contributed by atoms with E-state index in [0.717, 1.165) is 24.0 Å². The van der Waals surface area contributed by atoms with E-state index < -0.39 is 5.92 Å². The van der Waals surface area contributed by atoms with E-state index in [1.54, 1.807) is 12.4 Å². The van der Waals surface area contributed by atoms with Crippen molar-refractivity contribution in [2.45, 2.75) is 39.2 Å². The normalized spacial score (nSPS) is 12.7. The van der Waals surface area contributed by atoms with E-state index >= 15 is 0 Å². The molecule has 3 rings (SSSR count). The SMILES string of the molecule is C[C@@H](CCc1ccccc1)C(=O)C[C@@H](Cc1ccncc1)C(=O)OCc1ccccc1.